The normalized spacial score (nSPS) is 31.8. The molecule has 4 nitrogen and oxygen atoms in total. The van der Waals surface area contributed by atoms with Crippen molar-refractivity contribution >= 4 is 9.84 Å². The Morgan fingerprint density at radius 3 is 2.76 bits per heavy atom. The molecule has 17 heavy (non-hydrogen) atoms. The fourth-order valence-electron chi connectivity index (χ4n) is 3.15. The summed E-state index contributed by atoms with van der Waals surface area (Å²) in [5, 5.41) is 3.46. The van der Waals surface area contributed by atoms with Gasteiger partial charge in [-0.1, -0.05) is 0 Å². The standard InChI is InChI=1S/C12H24N2O2S/c1-17(15,16)9-8-14-7-3-5-12(14)11-4-2-6-13-10-11/h11-13H,2-10H2,1H3. The van der Waals surface area contributed by atoms with E-state index in [1.807, 2.05) is 0 Å². The van der Waals surface area contributed by atoms with Crippen LogP contribution in [0.4, 0.5) is 0 Å². The summed E-state index contributed by atoms with van der Waals surface area (Å²) in [4.78, 5) is 2.40. The molecule has 0 radical (unpaired) electrons. The van der Waals surface area contributed by atoms with E-state index in [9.17, 15) is 8.42 Å². The van der Waals surface area contributed by atoms with Crippen molar-refractivity contribution in [1.82, 2.24) is 10.2 Å². The minimum atomic E-state index is -2.82. The predicted octanol–water partition coefficient (Wildman–Crippen LogP) is 0.495. The zero-order valence-electron chi connectivity index (χ0n) is 10.7. The van der Waals surface area contributed by atoms with Crippen LogP contribution in [0, 0.1) is 5.92 Å². The van der Waals surface area contributed by atoms with Crippen LogP contribution in [-0.4, -0.2) is 57.5 Å². The van der Waals surface area contributed by atoms with Crippen molar-refractivity contribution < 1.29 is 8.42 Å². The molecule has 2 rings (SSSR count). The Hall–Kier alpha value is -0.130. The zero-order valence-corrected chi connectivity index (χ0v) is 11.5. The molecule has 100 valence electrons. The van der Waals surface area contributed by atoms with Gasteiger partial charge in [0.2, 0.25) is 0 Å². The Labute approximate surface area is 105 Å². The summed E-state index contributed by atoms with van der Waals surface area (Å²) in [6.45, 7) is 4.06. The summed E-state index contributed by atoms with van der Waals surface area (Å²) in [5.74, 6) is 1.04. The van der Waals surface area contributed by atoms with Crippen LogP contribution in [0.25, 0.3) is 0 Å². The van der Waals surface area contributed by atoms with E-state index in [0.29, 0.717) is 11.8 Å². The molecule has 2 saturated heterocycles. The molecular formula is C12H24N2O2S. The van der Waals surface area contributed by atoms with Gasteiger partial charge in [0, 0.05) is 18.8 Å². The topological polar surface area (TPSA) is 49.4 Å². The zero-order chi connectivity index (χ0) is 12.3. The summed E-state index contributed by atoms with van der Waals surface area (Å²) in [7, 11) is -2.82. The SMILES string of the molecule is CS(=O)(=O)CCN1CCCC1C1CCCNC1. The molecule has 0 amide bonds. The molecule has 2 heterocycles. The van der Waals surface area contributed by atoms with Crippen molar-refractivity contribution in [2.75, 3.05) is 38.2 Å². The fraction of sp³-hybridized carbons (Fsp3) is 1.00. The molecular weight excluding hydrogens is 236 g/mol. The van der Waals surface area contributed by atoms with E-state index in [1.54, 1.807) is 0 Å². The third-order valence-electron chi connectivity index (χ3n) is 4.04. The van der Waals surface area contributed by atoms with Gasteiger partial charge < -0.3 is 5.32 Å². The van der Waals surface area contributed by atoms with Crippen LogP contribution in [0.15, 0.2) is 0 Å². The van der Waals surface area contributed by atoms with E-state index in [1.165, 1.54) is 31.9 Å². The van der Waals surface area contributed by atoms with Crippen LogP contribution in [-0.2, 0) is 9.84 Å². The van der Waals surface area contributed by atoms with Crippen molar-refractivity contribution in [2.45, 2.75) is 31.7 Å². The molecule has 2 aliphatic heterocycles. The van der Waals surface area contributed by atoms with Gasteiger partial charge in [0.25, 0.3) is 0 Å². The average Bonchev–Trinajstić information content (AvgIpc) is 2.75. The summed E-state index contributed by atoms with van der Waals surface area (Å²) < 4.78 is 22.5. The third-order valence-corrected chi connectivity index (χ3v) is 4.97. The van der Waals surface area contributed by atoms with Crippen LogP contribution < -0.4 is 5.32 Å². The van der Waals surface area contributed by atoms with Crippen molar-refractivity contribution in [3.63, 3.8) is 0 Å². The maximum absolute atomic E-state index is 11.2. The van der Waals surface area contributed by atoms with Crippen LogP contribution in [0.3, 0.4) is 0 Å². The highest BCUT2D eigenvalue weighted by atomic mass is 32.2. The van der Waals surface area contributed by atoms with E-state index < -0.39 is 9.84 Å². The quantitative estimate of drug-likeness (QED) is 0.799. The maximum Gasteiger partial charge on any atom is 0.148 e. The van der Waals surface area contributed by atoms with E-state index >= 15 is 0 Å². The van der Waals surface area contributed by atoms with Crippen molar-refractivity contribution in [2.24, 2.45) is 5.92 Å². The molecule has 0 spiro atoms. The molecule has 2 aliphatic rings. The van der Waals surface area contributed by atoms with E-state index in [2.05, 4.69) is 10.2 Å². The van der Waals surface area contributed by atoms with Crippen molar-refractivity contribution in [3.8, 4) is 0 Å². The molecule has 5 heteroatoms. The number of nitrogens with one attached hydrogen (secondary N) is 1. The number of hydrogen-bond donors (Lipinski definition) is 1. The van der Waals surface area contributed by atoms with Gasteiger partial charge in [-0.2, -0.15) is 0 Å². The van der Waals surface area contributed by atoms with Gasteiger partial charge in [-0.3, -0.25) is 4.90 Å². The third kappa shape index (κ3) is 3.93. The predicted molar refractivity (Wildman–Crippen MR) is 69.9 cm³/mol. The second kappa shape index (κ2) is 5.67. The number of sulfone groups is 1. The van der Waals surface area contributed by atoms with E-state index in [-0.39, 0.29) is 0 Å². The first-order chi connectivity index (χ1) is 8.06. The van der Waals surface area contributed by atoms with Crippen molar-refractivity contribution in [3.05, 3.63) is 0 Å². The minimum Gasteiger partial charge on any atom is -0.316 e. The number of piperidine rings is 1. The van der Waals surface area contributed by atoms with Gasteiger partial charge in [0.05, 0.1) is 5.75 Å². The lowest BCUT2D eigenvalue weighted by atomic mass is 9.90. The number of likely N-dealkylation sites (tertiary alicyclic amines) is 1. The van der Waals surface area contributed by atoms with E-state index in [4.69, 9.17) is 0 Å². The number of rotatable bonds is 4. The fourth-order valence-corrected chi connectivity index (χ4v) is 3.72. The van der Waals surface area contributed by atoms with Gasteiger partial charge >= 0.3 is 0 Å². The highest BCUT2D eigenvalue weighted by molar-refractivity contribution is 7.90. The Bertz CT molecular complexity index is 336. The lowest BCUT2D eigenvalue weighted by Gasteiger charge is -2.34. The smallest absolute Gasteiger partial charge is 0.148 e. The van der Waals surface area contributed by atoms with Gasteiger partial charge in [-0.15, -0.1) is 0 Å². The summed E-state index contributed by atoms with van der Waals surface area (Å²) in [6, 6.07) is 0.615. The highest BCUT2D eigenvalue weighted by Gasteiger charge is 2.32. The molecule has 1 N–H and O–H groups in total. The molecule has 0 saturated carbocycles. The summed E-state index contributed by atoms with van der Waals surface area (Å²) in [5.41, 5.74) is 0. The number of nitrogens with zero attached hydrogens (tertiary/aromatic N) is 1. The largest absolute Gasteiger partial charge is 0.316 e. The van der Waals surface area contributed by atoms with Gasteiger partial charge in [-0.25, -0.2) is 8.42 Å². The lowest BCUT2D eigenvalue weighted by molar-refractivity contribution is 0.173. The minimum absolute atomic E-state index is 0.309. The molecule has 2 fully saturated rings. The van der Waals surface area contributed by atoms with Crippen LogP contribution in [0.5, 0.6) is 0 Å². The maximum atomic E-state index is 11.2. The van der Waals surface area contributed by atoms with Crippen molar-refractivity contribution in [1.29, 1.82) is 0 Å². The molecule has 2 unspecified atom stereocenters. The first-order valence-electron chi connectivity index (χ1n) is 6.69. The average molecular weight is 260 g/mol. The Kier molecular flexibility index (Phi) is 4.44. The van der Waals surface area contributed by atoms with Crippen LogP contribution in [0.1, 0.15) is 25.7 Å². The Balaban J connectivity index is 1.87. The molecule has 0 aliphatic carbocycles. The summed E-state index contributed by atoms with van der Waals surface area (Å²) >= 11 is 0. The molecule has 0 aromatic heterocycles. The van der Waals surface area contributed by atoms with Crippen LogP contribution >= 0.6 is 0 Å². The highest BCUT2D eigenvalue weighted by Crippen LogP contribution is 2.27. The first kappa shape index (κ1) is 13.3. The molecule has 0 aromatic carbocycles. The lowest BCUT2D eigenvalue weighted by Crippen LogP contribution is -2.44. The van der Waals surface area contributed by atoms with Gasteiger partial charge in [0.15, 0.2) is 0 Å². The molecule has 2 atom stereocenters. The Morgan fingerprint density at radius 2 is 2.12 bits per heavy atom. The van der Waals surface area contributed by atoms with Gasteiger partial charge in [0.1, 0.15) is 9.84 Å². The van der Waals surface area contributed by atoms with E-state index in [0.717, 1.165) is 32.1 Å². The molecule has 0 aromatic rings. The van der Waals surface area contributed by atoms with Gasteiger partial charge in [-0.05, 0) is 51.2 Å². The summed E-state index contributed by atoms with van der Waals surface area (Å²) in [6.07, 6.45) is 6.37. The van der Waals surface area contributed by atoms with Crippen LogP contribution in [0.2, 0.25) is 0 Å². The first-order valence-corrected chi connectivity index (χ1v) is 8.75. The molecule has 0 bridgehead atoms. The monoisotopic (exact) mass is 260 g/mol. The number of hydrogen-bond acceptors (Lipinski definition) is 4. The second-order valence-corrected chi connectivity index (χ2v) is 7.74. The Morgan fingerprint density at radius 1 is 1.29 bits per heavy atom. The second-order valence-electron chi connectivity index (χ2n) is 5.48.